The predicted molar refractivity (Wildman–Crippen MR) is 123 cm³/mol. The fourth-order valence-corrected chi connectivity index (χ4v) is 6.49. The molecule has 0 bridgehead atoms. The molecule has 2 atom stereocenters. The molecule has 2 aromatic heterocycles. The first-order valence-electron chi connectivity index (χ1n) is 11.2. The number of halogens is 5. The molecule has 0 N–H and O–H groups in total. The molecule has 8 nitrogen and oxygen atoms in total. The molecule has 3 aromatic rings. The highest BCUT2D eigenvalue weighted by Crippen LogP contribution is 2.48. The average molecular weight is 542 g/mol. The van der Waals surface area contributed by atoms with Crippen molar-refractivity contribution in [2.45, 2.75) is 25.4 Å². The minimum Gasteiger partial charge on any atom is -0.473 e. The van der Waals surface area contributed by atoms with E-state index < -0.39 is 47.8 Å². The summed E-state index contributed by atoms with van der Waals surface area (Å²) >= 11 is 0. The topological polar surface area (TPSA) is 86.6 Å². The zero-order valence-corrected chi connectivity index (χ0v) is 20.2. The lowest BCUT2D eigenvalue weighted by molar-refractivity contribution is -0.141. The van der Waals surface area contributed by atoms with Gasteiger partial charge in [-0.1, -0.05) is 0 Å². The van der Waals surface area contributed by atoms with E-state index in [1.54, 1.807) is 12.7 Å². The molecule has 0 amide bonds. The highest BCUT2D eigenvalue weighted by molar-refractivity contribution is 7.63. The van der Waals surface area contributed by atoms with Crippen molar-refractivity contribution in [3.05, 3.63) is 69.9 Å². The zero-order chi connectivity index (χ0) is 26.5. The van der Waals surface area contributed by atoms with Crippen molar-refractivity contribution >= 4 is 13.0 Å². The Balaban J connectivity index is 1.31. The number of nitrogens with zero attached hydrogens (tertiary/aromatic N) is 4. The van der Waals surface area contributed by atoms with Gasteiger partial charge in [0.05, 0.1) is 19.7 Å². The van der Waals surface area contributed by atoms with E-state index in [0.29, 0.717) is 37.3 Å². The molecular formula is C23H20F5N4O4P. The molecule has 1 fully saturated rings. The smallest absolute Gasteiger partial charge is 0.433 e. The van der Waals surface area contributed by atoms with E-state index in [1.807, 2.05) is 4.90 Å². The first-order chi connectivity index (χ1) is 17.4. The number of hydrogen-bond donors (Lipinski definition) is 0. The Hall–Kier alpha value is -3.47. The van der Waals surface area contributed by atoms with Crippen LogP contribution in [-0.4, -0.2) is 46.1 Å². The van der Waals surface area contributed by atoms with Crippen molar-refractivity contribution in [1.82, 2.24) is 14.5 Å². The van der Waals surface area contributed by atoms with E-state index >= 15 is 0 Å². The number of hydrogen-bond acceptors (Lipinski definition) is 7. The summed E-state index contributed by atoms with van der Waals surface area (Å²) in [5.74, 6) is -3.11. The van der Waals surface area contributed by atoms with Crippen LogP contribution in [0.25, 0.3) is 0 Å². The van der Waals surface area contributed by atoms with E-state index in [4.69, 9.17) is 9.47 Å². The third-order valence-electron chi connectivity index (χ3n) is 6.19. The molecule has 0 aliphatic carbocycles. The summed E-state index contributed by atoms with van der Waals surface area (Å²) < 4.78 is 92.2. The van der Waals surface area contributed by atoms with Gasteiger partial charge in [-0.15, -0.1) is 0 Å². The van der Waals surface area contributed by atoms with Gasteiger partial charge in [-0.2, -0.15) is 18.2 Å². The second-order valence-electron chi connectivity index (χ2n) is 9.05. The van der Waals surface area contributed by atoms with Gasteiger partial charge in [0.2, 0.25) is 5.88 Å². The number of fused-ring (bicyclic) bond motifs is 3. The number of benzene rings is 1. The van der Waals surface area contributed by atoms with E-state index in [1.165, 1.54) is 4.57 Å². The minimum atomic E-state index is -4.75. The summed E-state index contributed by atoms with van der Waals surface area (Å²) in [6.45, 7) is 2.32. The second-order valence-corrected chi connectivity index (χ2v) is 12.5. The molecular weight excluding hydrogens is 522 g/mol. The van der Waals surface area contributed by atoms with E-state index in [-0.39, 0.29) is 24.1 Å². The van der Waals surface area contributed by atoms with Gasteiger partial charge in [0, 0.05) is 37.2 Å². The molecule has 2 aliphatic heterocycles. The molecule has 0 saturated carbocycles. The Bertz CT molecular complexity index is 1460. The van der Waals surface area contributed by atoms with Crippen LogP contribution in [0.2, 0.25) is 0 Å². The van der Waals surface area contributed by atoms with Crippen molar-refractivity contribution in [2.75, 3.05) is 30.4 Å². The number of aromatic nitrogens is 3. The third-order valence-corrected chi connectivity index (χ3v) is 8.53. The van der Waals surface area contributed by atoms with Crippen LogP contribution in [0.4, 0.5) is 27.8 Å². The summed E-state index contributed by atoms with van der Waals surface area (Å²) in [5, 5.41) is 0. The summed E-state index contributed by atoms with van der Waals surface area (Å²) in [6, 6.07) is 4.86. The molecule has 4 heterocycles. The molecule has 1 aromatic carbocycles. The Morgan fingerprint density at radius 2 is 1.89 bits per heavy atom. The molecule has 196 valence electrons. The highest BCUT2D eigenvalue weighted by Gasteiger charge is 2.39. The standard InChI is InChI=1S/C23H20F5N4O4P/c1-37(34)5-4-31-14(12-37)10-32-20(31)9-19(30-22(32)33)35-11-13-6-16(24)21(17(25)7-13)36-15-2-3-29-18(8-15)23(26,27)28/h2-3,6-9,14H,4-5,10-12H2,1H3/t14-,37?/m0/s1. The molecule has 14 heteroatoms. The molecule has 37 heavy (non-hydrogen) atoms. The van der Waals surface area contributed by atoms with E-state index in [0.717, 1.165) is 24.4 Å². The number of rotatable bonds is 5. The fraction of sp³-hybridized carbons (Fsp3) is 0.348. The second kappa shape index (κ2) is 9.13. The summed E-state index contributed by atoms with van der Waals surface area (Å²) in [6.07, 6.45) is -2.91. The lowest BCUT2D eigenvalue weighted by Crippen LogP contribution is -2.41. The van der Waals surface area contributed by atoms with Gasteiger partial charge in [-0.3, -0.25) is 9.55 Å². The molecule has 2 aliphatic rings. The maximum Gasteiger partial charge on any atom is 0.433 e. The molecule has 5 rings (SSSR count). The number of ether oxygens (including phenoxy) is 2. The largest absolute Gasteiger partial charge is 0.473 e. The van der Waals surface area contributed by atoms with Crippen molar-refractivity contribution in [1.29, 1.82) is 0 Å². The quantitative estimate of drug-likeness (QED) is 0.347. The lowest BCUT2D eigenvalue weighted by Gasteiger charge is -2.34. The van der Waals surface area contributed by atoms with E-state index in [2.05, 4.69) is 9.97 Å². The van der Waals surface area contributed by atoms with Gasteiger partial charge in [0.1, 0.15) is 23.9 Å². The van der Waals surface area contributed by atoms with Gasteiger partial charge in [0.25, 0.3) is 0 Å². The summed E-state index contributed by atoms with van der Waals surface area (Å²) in [7, 11) is -2.25. The first-order valence-corrected chi connectivity index (χ1v) is 13.7. The van der Waals surface area contributed by atoms with Crippen LogP contribution in [0.3, 0.4) is 0 Å². The van der Waals surface area contributed by atoms with Crippen LogP contribution in [0, 0.1) is 11.6 Å². The molecule has 0 spiro atoms. The van der Waals surface area contributed by atoms with Gasteiger partial charge < -0.3 is 18.9 Å². The normalized spacial score (nSPS) is 20.9. The number of pyridine rings is 1. The van der Waals surface area contributed by atoms with Crippen LogP contribution in [0.1, 0.15) is 11.3 Å². The first kappa shape index (κ1) is 25.2. The van der Waals surface area contributed by atoms with Crippen molar-refractivity contribution in [3.63, 3.8) is 0 Å². The fourth-order valence-electron chi connectivity index (χ4n) is 4.46. The van der Waals surface area contributed by atoms with Crippen LogP contribution in [0.5, 0.6) is 17.4 Å². The molecule has 1 unspecified atom stereocenters. The van der Waals surface area contributed by atoms with Crippen LogP contribution < -0.4 is 20.1 Å². The van der Waals surface area contributed by atoms with Gasteiger partial charge in [0.15, 0.2) is 17.4 Å². The number of alkyl halides is 3. The van der Waals surface area contributed by atoms with Crippen molar-refractivity contribution < 1.29 is 36.0 Å². The van der Waals surface area contributed by atoms with Crippen molar-refractivity contribution in [3.8, 4) is 17.4 Å². The Morgan fingerprint density at radius 3 is 2.59 bits per heavy atom. The van der Waals surface area contributed by atoms with Crippen LogP contribution >= 0.6 is 7.14 Å². The molecule has 1 saturated heterocycles. The Labute approximate surface area is 207 Å². The third kappa shape index (κ3) is 5.18. The average Bonchev–Trinajstić information content (AvgIpc) is 3.16. The van der Waals surface area contributed by atoms with Gasteiger partial charge in [-0.05, 0) is 30.4 Å². The zero-order valence-electron chi connectivity index (χ0n) is 19.3. The minimum absolute atomic E-state index is 0.0400. The summed E-state index contributed by atoms with van der Waals surface area (Å²) in [4.78, 5) is 21.6. The lowest BCUT2D eigenvalue weighted by atomic mass is 10.2. The Morgan fingerprint density at radius 1 is 1.16 bits per heavy atom. The maximum absolute atomic E-state index is 14.6. The SMILES string of the molecule is CP1(=O)CCN2c3cc(OCc4cc(F)c(Oc5ccnc(C(F)(F)F)c5)c(F)c4)nc(=O)n3C[C@H]2C1. The molecule has 0 radical (unpaired) electrons. The van der Waals surface area contributed by atoms with Crippen molar-refractivity contribution in [2.24, 2.45) is 0 Å². The Kier molecular flexibility index (Phi) is 6.21. The summed E-state index contributed by atoms with van der Waals surface area (Å²) in [5.41, 5.74) is -1.78. The van der Waals surface area contributed by atoms with Gasteiger partial charge >= 0.3 is 11.9 Å². The van der Waals surface area contributed by atoms with Gasteiger partial charge in [-0.25, -0.2) is 13.6 Å². The monoisotopic (exact) mass is 542 g/mol. The number of anilines is 1. The van der Waals surface area contributed by atoms with Crippen LogP contribution in [0.15, 0.2) is 41.3 Å². The maximum atomic E-state index is 14.6. The van der Waals surface area contributed by atoms with Crippen LogP contribution in [-0.2, 0) is 23.9 Å². The van der Waals surface area contributed by atoms with E-state index in [9.17, 15) is 31.3 Å². The predicted octanol–water partition coefficient (Wildman–Crippen LogP) is 4.50. The highest BCUT2D eigenvalue weighted by atomic mass is 31.2.